The van der Waals surface area contributed by atoms with Crippen LogP contribution in [0.2, 0.25) is 0 Å². The third-order valence-corrected chi connectivity index (χ3v) is 2.90. The quantitative estimate of drug-likeness (QED) is 0.516. The minimum absolute atomic E-state index is 0.0406. The molecule has 5 heteroatoms. The molecule has 19 heavy (non-hydrogen) atoms. The fourth-order valence-electron chi connectivity index (χ4n) is 1.93. The normalized spacial score (nSPS) is 13.5. The van der Waals surface area contributed by atoms with E-state index in [0.717, 1.165) is 0 Å². The summed E-state index contributed by atoms with van der Waals surface area (Å²) in [5.41, 5.74) is -2.06. The number of aldehydes is 1. The number of nitro benzene ring substituents is 1. The van der Waals surface area contributed by atoms with Crippen LogP contribution in [0, 0.1) is 10.1 Å². The van der Waals surface area contributed by atoms with E-state index in [1.807, 2.05) is 0 Å². The average Bonchev–Trinajstić information content (AvgIpc) is 2.47. The molecule has 0 aliphatic carbocycles. The maximum atomic E-state index is 11.3. The van der Waals surface area contributed by atoms with Gasteiger partial charge in [-0.1, -0.05) is 42.5 Å². The summed E-state index contributed by atoms with van der Waals surface area (Å²) in [6.07, 6.45) is 0.310. The molecule has 0 heterocycles. The second kappa shape index (κ2) is 4.99. The van der Waals surface area contributed by atoms with Crippen LogP contribution in [0.15, 0.2) is 54.6 Å². The highest BCUT2D eigenvalue weighted by Crippen LogP contribution is 2.33. The smallest absolute Gasteiger partial charge is 0.276 e. The monoisotopic (exact) mass is 257 g/mol. The first-order chi connectivity index (χ1) is 9.09. The van der Waals surface area contributed by atoms with Gasteiger partial charge in [0.2, 0.25) is 0 Å². The molecule has 0 bridgehead atoms. The van der Waals surface area contributed by atoms with Crippen molar-refractivity contribution in [2.24, 2.45) is 0 Å². The lowest BCUT2D eigenvalue weighted by Gasteiger charge is -2.22. The summed E-state index contributed by atoms with van der Waals surface area (Å²) in [6.45, 7) is 0. The van der Waals surface area contributed by atoms with Gasteiger partial charge in [-0.05, 0) is 11.6 Å². The molecule has 96 valence electrons. The first-order valence-electron chi connectivity index (χ1n) is 5.57. The van der Waals surface area contributed by atoms with Crippen molar-refractivity contribution in [2.75, 3.05) is 0 Å². The van der Waals surface area contributed by atoms with Crippen molar-refractivity contribution in [2.45, 2.75) is 5.60 Å². The van der Waals surface area contributed by atoms with Crippen LogP contribution in [-0.2, 0) is 10.4 Å². The number of benzene rings is 2. The Morgan fingerprint density at radius 1 is 1.05 bits per heavy atom. The number of carbonyl (C=O) groups excluding carboxylic acids is 1. The molecule has 5 nitrogen and oxygen atoms in total. The first-order valence-corrected chi connectivity index (χ1v) is 5.57. The average molecular weight is 257 g/mol. The number of nitro groups is 1. The molecular weight excluding hydrogens is 246 g/mol. The zero-order valence-corrected chi connectivity index (χ0v) is 9.89. The van der Waals surface area contributed by atoms with Crippen LogP contribution in [0.3, 0.4) is 0 Å². The van der Waals surface area contributed by atoms with E-state index in [1.54, 1.807) is 36.4 Å². The molecule has 1 unspecified atom stereocenters. The molecular formula is C14H11NO4. The SMILES string of the molecule is O=CC(O)(c1ccccc1)c1ccccc1[N+](=O)[O-]. The molecule has 0 radical (unpaired) electrons. The molecule has 0 saturated carbocycles. The van der Waals surface area contributed by atoms with Gasteiger partial charge >= 0.3 is 0 Å². The molecule has 2 aromatic rings. The Hall–Kier alpha value is -2.53. The summed E-state index contributed by atoms with van der Waals surface area (Å²) in [5, 5.41) is 21.5. The number of nitrogens with zero attached hydrogens (tertiary/aromatic N) is 1. The van der Waals surface area contributed by atoms with E-state index in [9.17, 15) is 20.0 Å². The van der Waals surface area contributed by atoms with Gasteiger partial charge in [0.25, 0.3) is 5.69 Å². The van der Waals surface area contributed by atoms with E-state index in [1.165, 1.54) is 18.2 Å². The minimum atomic E-state index is -2.02. The van der Waals surface area contributed by atoms with E-state index in [0.29, 0.717) is 11.8 Å². The zero-order chi connectivity index (χ0) is 13.9. The molecule has 1 N–H and O–H groups in total. The highest BCUT2D eigenvalue weighted by atomic mass is 16.6. The lowest BCUT2D eigenvalue weighted by atomic mass is 9.86. The Labute approximate surface area is 109 Å². The second-order valence-corrected chi connectivity index (χ2v) is 4.02. The van der Waals surface area contributed by atoms with Gasteiger partial charge in [0.15, 0.2) is 11.9 Å². The topological polar surface area (TPSA) is 80.4 Å². The van der Waals surface area contributed by atoms with Crippen LogP contribution in [0.4, 0.5) is 5.69 Å². The molecule has 0 aromatic heterocycles. The van der Waals surface area contributed by atoms with Crippen molar-refractivity contribution in [1.82, 2.24) is 0 Å². The molecule has 2 aromatic carbocycles. The van der Waals surface area contributed by atoms with Crippen molar-refractivity contribution in [3.05, 3.63) is 75.8 Å². The van der Waals surface area contributed by atoms with Crippen LogP contribution in [0.25, 0.3) is 0 Å². The molecule has 0 saturated heterocycles. The predicted molar refractivity (Wildman–Crippen MR) is 68.6 cm³/mol. The van der Waals surface area contributed by atoms with Crippen molar-refractivity contribution in [1.29, 1.82) is 0 Å². The van der Waals surface area contributed by atoms with Crippen LogP contribution in [-0.4, -0.2) is 16.3 Å². The van der Waals surface area contributed by atoms with Gasteiger partial charge in [-0.15, -0.1) is 0 Å². The number of rotatable bonds is 4. The minimum Gasteiger partial charge on any atom is -0.373 e. The van der Waals surface area contributed by atoms with Gasteiger partial charge in [-0.25, -0.2) is 0 Å². The van der Waals surface area contributed by atoms with Crippen molar-refractivity contribution in [3.63, 3.8) is 0 Å². The van der Waals surface area contributed by atoms with Crippen molar-refractivity contribution >= 4 is 12.0 Å². The maximum absolute atomic E-state index is 11.3. The highest BCUT2D eigenvalue weighted by molar-refractivity contribution is 5.74. The number of hydrogen-bond donors (Lipinski definition) is 1. The third kappa shape index (κ3) is 2.23. The largest absolute Gasteiger partial charge is 0.373 e. The standard InChI is InChI=1S/C14H11NO4/c16-10-14(17,11-6-2-1-3-7-11)12-8-4-5-9-13(12)15(18)19/h1-10,17H. The molecule has 0 spiro atoms. The van der Waals surface area contributed by atoms with E-state index in [2.05, 4.69) is 0 Å². The van der Waals surface area contributed by atoms with Gasteiger partial charge in [0.1, 0.15) is 0 Å². The lowest BCUT2D eigenvalue weighted by Crippen LogP contribution is -2.29. The van der Waals surface area contributed by atoms with E-state index in [-0.39, 0.29) is 11.3 Å². The lowest BCUT2D eigenvalue weighted by molar-refractivity contribution is -0.386. The highest BCUT2D eigenvalue weighted by Gasteiger charge is 2.36. The van der Waals surface area contributed by atoms with Gasteiger partial charge in [-0.2, -0.15) is 0 Å². The summed E-state index contributed by atoms with van der Waals surface area (Å²) in [4.78, 5) is 21.7. The molecule has 0 fully saturated rings. The molecule has 0 aliphatic heterocycles. The van der Waals surface area contributed by atoms with E-state index in [4.69, 9.17) is 0 Å². The summed E-state index contributed by atoms with van der Waals surface area (Å²) >= 11 is 0. The Morgan fingerprint density at radius 2 is 1.63 bits per heavy atom. The Morgan fingerprint density at radius 3 is 2.21 bits per heavy atom. The summed E-state index contributed by atoms with van der Waals surface area (Å²) in [7, 11) is 0. The fourth-order valence-corrected chi connectivity index (χ4v) is 1.93. The summed E-state index contributed by atoms with van der Waals surface area (Å²) < 4.78 is 0. The van der Waals surface area contributed by atoms with Gasteiger partial charge in [-0.3, -0.25) is 14.9 Å². The molecule has 0 amide bonds. The molecule has 0 aliphatic rings. The number of aliphatic hydroxyl groups is 1. The van der Waals surface area contributed by atoms with E-state index >= 15 is 0 Å². The van der Waals surface area contributed by atoms with E-state index < -0.39 is 10.5 Å². The molecule has 2 rings (SSSR count). The summed E-state index contributed by atoms with van der Waals surface area (Å²) in [6, 6.07) is 13.8. The Kier molecular flexibility index (Phi) is 3.39. The van der Waals surface area contributed by atoms with Gasteiger partial charge in [0, 0.05) is 6.07 Å². The number of carbonyl (C=O) groups is 1. The van der Waals surface area contributed by atoms with Crippen molar-refractivity contribution < 1.29 is 14.8 Å². The zero-order valence-electron chi connectivity index (χ0n) is 9.89. The number of para-hydroxylation sites is 1. The second-order valence-electron chi connectivity index (χ2n) is 4.02. The summed E-state index contributed by atoms with van der Waals surface area (Å²) in [5.74, 6) is 0. The van der Waals surface area contributed by atoms with Crippen LogP contribution in [0.5, 0.6) is 0 Å². The Bertz CT molecular complexity index is 612. The first kappa shape index (κ1) is 12.9. The fraction of sp³-hybridized carbons (Fsp3) is 0.0714. The predicted octanol–water partition coefficient (Wildman–Crippen LogP) is 2.03. The van der Waals surface area contributed by atoms with Crippen LogP contribution < -0.4 is 0 Å². The maximum Gasteiger partial charge on any atom is 0.276 e. The van der Waals surface area contributed by atoms with Gasteiger partial charge in [0.05, 0.1) is 10.5 Å². The molecule has 1 atom stereocenters. The Balaban J connectivity index is 2.66. The van der Waals surface area contributed by atoms with Gasteiger partial charge < -0.3 is 5.11 Å². The van der Waals surface area contributed by atoms with Crippen LogP contribution in [0.1, 0.15) is 11.1 Å². The van der Waals surface area contributed by atoms with Crippen LogP contribution >= 0.6 is 0 Å². The third-order valence-electron chi connectivity index (χ3n) is 2.90. The van der Waals surface area contributed by atoms with Crippen molar-refractivity contribution in [3.8, 4) is 0 Å². The number of hydrogen-bond acceptors (Lipinski definition) is 4.